The van der Waals surface area contributed by atoms with Crippen LogP contribution in [-0.4, -0.2) is 53.2 Å². The highest BCUT2D eigenvalue weighted by atomic mass is 32.2. The van der Waals surface area contributed by atoms with Crippen LogP contribution in [0.1, 0.15) is 50.0 Å². The minimum Gasteiger partial charge on any atom is -0.461 e. The molecule has 0 spiro atoms. The quantitative estimate of drug-likeness (QED) is 0.702. The van der Waals surface area contributed by atoms with E-state index in [1.807, 2.05) is 0 Å². The molecule has 1 aromatic carbocycles. The first-order chi connectivity index (χ1) is 14.3. The SMILES string of the molecule is CCOC(=O)c1[nH]c(C)c(C(=O)OCC(=O)N2CCSC2c2ccccc2F)c1C. The first-order valence-corrected chi connectivity index (χ1v) is 10.6. The highest BCUT2D eigenvalue weighted by Gasteiger charge is 2.33. The molecule has 0 radical (unpaired) electrons. The van der Waals surface area contributed by atoms with Crippen LogP contribution in [0.25, 0.3) is 0 Å². The number of benzene rings is 1. The van der Waals surface area contributed by atoms with Crippen LogP contribution in [0.4, 0.5) is 4.39 Å². The molecule has 1 unspecified atom stereocenters. The van der Waals surface area contributed by atoms with E-state index in [1.165, 1.54) is 22.7 Å². The van der Waals surface area contributed by atoms with Gasteiger partial charge in [0.05, 0.1) is 12.2 Å². The summed E-state index contributed by atoms with van der Waals surface area (Å²) in [5, 5.41) is -0.455. The maximum atomic E-state index is 14.1. The van der Waals surface area contributed by atoms with Gasteiger partial charge in [-0.15, -0.1) is 11.8 Å². The van der Waals surface area contributed by atoms with E-state index >= 15 is 0 Å². The fraction of sp³-hybridized carbons (Fsp3) is 0.381. The molecule has 1 aromatic heterocycles. The molecule has 2 heterocycles. The number of hydrogen-bond acceptors (Lipinski definition) is 6. The first-order valence-electron chi connectivity index (χ1n) is 9.54. The summed E-state index contributed by atoms with van der Waals surface area (Å²) >= 11 is 1.46. The summed E-state index contributed by atoms with van der Waals surface area (Å²) < 4.78 is 24.3. The van der Waals surface area contributed by atoms with E-state index in [2.05, 4.69) is 4.98 Å². The lowest BCUT2D eigenvalue weighted by Crippen LogP contribution is -2.34. The molecule has 1 N–H and O–H groups in total. The molecule has 1 fully saturated rings. The van der Waals surface area contributed by atoms with Crippen LogP contribution < -0.4 is 0 Å². The lowest BCUT2D eigenvalue weighted by molar-refractivity contribution is -0.134. The largest absolute Gasteiger partial charge is 0.461 e. The number of nitrogens with zero attached hydrogens (tertiary/aromatic N) is 1. The molecule has 1 atom stereocenters. The highest BCUT2D eigenvalue weighted by molar-refractivity contribution is 7.99. The number of rotatable bonds is 6. The molecule has 0 bridgehead atoms. The number of H-pyrrole nitrogens is 1. The van der Waals surface area contributed by atoms with Crippen LogP contribution in [0.5, 0.6) is 0 Å². The Labute approximate surface area is 177 Å². The number of esters is 2. The second-order valence-corrected chi connectivity index (χ2v) is 7.94. The summed E-state index contributed by atoms with van der Waals surface area (Å²) in [6.45, 7) is 5.12. The van der Waals surface area contributed by atoms with E-state index in [0.717, 1.165) is 0 Å². The Hall–Kier alpha value is -2.81. The van der Waals surface area contributed by atoms with Crippen molar-refractivity contribution in [2.75, 3.05) is 25.5 Å². The summed E-state index contributed by atoms with van der Waals surface area (Å²) in [7, 11) is 0. The normalized spacial score (nSPS) is 15.9. The van der Waals surface area contributed by atoms with Gasteiger partial charge in [0, 0.05) is 23.6 Å². The average Bonchev–Trinajstić information content (AvgIpc) is 3.31. The smallest absolute Gasteiger partial charge is 0.355 e. The van der Waals surface area contributed by atoms with Crippen LogP contribution in [0.3, 0.4) is 0 Å². The summed E-state index contributed by atoms with van der Waals surface area (Å²) in [6.07, 6.45) is 0. The van der Waals surface area contributed by atoms with E-state index in [-0.39, 0.29) is 23.7 Å². The first kappa shape index (κ1) is 21.9. The molecule has 1 aliphatic rings. The number of thioether (sulfide) groups is 1. The maximum absolute atomic E-state index is 14.1. The summed E-state index contributed by atoms with van der Waals surface area (Å²) in [5.74, 6) is -1.39. The van der Waals surface area contributed by atoms with E-state index in [4.69, 9.17) is 9.47 Å². The molecule has 7 nitrogen and oxygen atoms in total. The van der Waals surface area contributed by atoms with Crippen LogP contribution in [0.2, 0.25) is 0 Å². The predicted octanol–water partition coefficient (Wildman–Crippen LogP) is 3.38. The molecular weight excluding hydrogens is 411 g/mol. The van der Waals surface area contributed by atoms with E-state index in [0.29, 0.717) is 29.1 Å². The van der Waals surface area contributed by atoms with Crippen molar-refractivity contribution in [3.8, 4) is 0 Å². The van der Waals surface area contributed by atoms with Gasteiger partial charge >= 0.3 is 11.9 Å². The van der Waals surface area contributed by atoms with Crippen molar-refractivity contribution >= 4 is 29.6 Å². The van der Waals surface area contributed by atoms with Crippen LogP contribution >= 0.6 is 11.8 Å². The van der Waals surface area contributed by atoms with Crippen molar-refractivity contribution in [2.45, 2.75) is 26.1 Å². The predicted molar refractivity (Wildman–Crippen MR) is 110 cm³/mol. The topological polar surface area (TPSA) is 88.7 Å². The minimum atomic E-state index is -0.709. The summed E-state index contributed by atoms with van der Waals surface area (Å²) in [4.78, 5) is 41.6. The number of amides is 1. The average molecular weight is 434 g/mol. The van der Waals surface area contributed by atoms with E-state index in [1.54, 1.807) is 39.0 Å². The molecule has 2 aromatic rings. The van der Waals surface area contributed by atoms with Gasteiger partial charge in [-0.2, -0.15) is 0 Å². The van der Waals surface area contributed by atoms with Crippen LogP contribution in [-0.2, 0) is 14.3 Å². The lowest BCUT2D eigenvalue weighted by Gasteiger charge is -2.24. The molecule has 1 amide bonds. The highest BCUT2D eigenvalue weighted by Crippen LogP contribution is 2.38. The van der Waals surface area contributed by atoms with Gasteiger partial charge in [-0.3, -0.25) is 4.79 Å². The fourth-order valence-electron chi connectivity index (χ4n) is 3.40. The minimum absolute atomic E-state index is 0.184. The summed E-state index contributed by atoms with van der Waals surface area (Å²) in [5.41, 5.74) is 1.67. The van der Waals surface area contributed by atoms with Crippen LogP contribution in [0.15, 0.2) is 24.3 Å². The Morgan fingerprint density at radius 2 is 1.93 bits per heavy atom. The van der Waals surface area contributed by atoms with Crippen LogP contribution in [0, 0.1) is 19.7 Å². The maximum Gasteiger partial charge on any atom is 0.355 e. The molecule has 3 rings (SSSR count). The number of aryl methyl sites for hydroxylation is 1. The van der Waals surface area contributed by atoms with Crippen molar-refractivity contribution in [2.24, 2.45) is 0 Å². The van der Waals surface area contributed by atoms with E-state index in [9.17, 15) is 18.8 Å². The number of aromatic nitrogens is 1. The van der Waals surface area contributed by atoms with Gasteiger partial charge in [0.2, 0.25) is 0 Å². The zero-order valence-electron chi connectivity index (χ0n) is 17.0. The van der Waals surface area contributed by atoms with Gasteiger partial charge in [-0.1, -0.05) is 18.2 Å². The van der Waals surface area contributed by atoms with E-state index < -0.39 is 29.8 Å². The third kappa shape index (κ3) is 4.35. The van der Waals surface area contributed by atoms with Crippen molar-refractivity contribution < 1.29 is 28.2 Å². The summed E-state index contributed by atoms with van der Waals surface area (Å²) in [6, 6.07) is 6.32. The van der Waals surface area contributed by atoms with Gasteiger partial charge in [0.25, 0.3) is 5.91 Å². The zero-order valence-corrected chi connectivity index (χ0v) is 17.8. The molecule has 160 valence electrons. The van der Waals surface area contributed by atoms with Crippen molar-refractivity contribution in [1.82, 2.24) is 9.88 Å². The van der Waals surface area contributed by atoms with Gasteiger partial charge in [0.15, 0.2) is 6.61 Å². The molecule has 1 aliphatic heterocycles. The van der Waals surface area contributed by atoms with Crippen molar-refractivity contribution in [3.63, 3.8) is 0 Å². The molecule has 0 aliphatic carbocycles. The zero-order chi connectivity index (χ0) is 21.8. The Morgan fingerprint density at radius 1 is 1.20 bits per heavy atom. The van der Waals surface area contributed by atoms with Gasteiger partial charge in [0.1, 0.15) is 16.9 Å². The van der Waals surface area contributed by atoms with Gasteiger partial charge < -0.3 is 19.4 Å². The monoisotopic (exact) mass is 434 g/mol. The number of carbonyl (C=O) groups excluding carboxylic acids is 3. The number of halogens is 1. The Balaban J connectivity index is 1.68. The van der Waals surface area contributed by atoms with Crippen molar-refractivity contribution in [1.29, 1.82) is 0 Å². The number of nitrogens with one attached hydrogen (secondary N) is 1. The molecular formula is C21H23FN2O5S. The molecule has 9 heteroatoms. The lowest BCUT2D eigenvalue weighted by atomic mass is 10.1. The van der Waals surface area contributed by atoms with Crippen molar-refractivity contribution in [3.05, 3.63) is 58.2 Å². The second-order valence-electron chi connectivity index (χ2n) is 6.75. The molecule has 1 saturated heterocycles. The fourth-order valence-corrected chi connectivity index (χ4v) is 4.70. The number of carbonyl (C=O) groups is 3. The standard InChI is InChI=1S/C21H23FN2O5S/c1-4-28-21(27)18-12(2)17(13(3)23-18)20(26)29-11-16(25)24-9-10-30-19(24)14-7-5-6-8-15(14)22/h5-8,19,23H,4,9-11H2,1-3H3. The second kappa shape index (κ2) is 9.34. The van der Waals surface area contributed by atoms with Gasteiger partial charge in [-0.05, 0) is 32.4 Å². The van der Waals surface area contributed by atoms with Gasteiger partial charge in [-0.25, -0.2) is 14.0 Å². The number of hydrogen-bond donors (Lipinski definition) is 1. The third-order valence-electron chi connectivity index (χ3n) is 4.83. The Morgan fingerprint density at radius 3 is 2.63 bits per heavy atom. The Kier molecular flexibility index (Phi) is 6.81. The molecule has 30 heavy (non-hydrogen) atoms. The third-order valence-corrected chi connectivity index (χ3v) is 6.07. The number of aromatic amines is 1. The molecule has 0 saturated carbocycles. The Bertz CT molecular complexity index is 974. The number of ether oxygens (including phenoxy) is 2.